The van der Waals surface area contributed by atoms with Gasteiger partial charge in [0.25, 0.3) is 0 Å². The maximum atomic E-state index is 11.6. The number of nitrogens with two attached hydrogens (primary N) is 1. The molecule has 2 saturated heterocycles. The molecule has 2 heterocycles. The minimum absolute atomic E-state index is 0. The molecule has 7 N–H and O–H groups in total. The average Bonchev–Trinajstić information content (AvgIpc) is 2.67. The van der Waals surface area contributed by atoms with E-state index in [-0.39, 0.29) is 14.9 Å². The summed E-state index contributed by atoms with van der Waals surface area (Å²) in [5.74, 6) is -0.464. The van der Waals surface area contributed by atoms with Gasteiger partial charge in [-0.2, -0.15) is 0 Å². The van der Waals surface area contributed by atoms with Crippen LogP contribution in [0.1, 0.15) is 21.8 Å². The lowest BCUT2D eigenvalue weighted by molar-refractivity contribution is -0.329. The van der Waals surface area contributed by atoms with Crippen LogP contribution in [0.2, 0.25) is 0 Å². The van der Waals surface area contributed by atoms with Crippen LogP contribution in [0.15, 0.2) is 0 Å². The highest BCUT2D eigenvalue weighted by Gasteiger charge is 2.51. The van der Waals surface area contributed by atoms with Gasteiger partial charge < -0.3 is 55.2 Å². The van der Waals surface area contributed by atoms with Crippen LogP contribution in [-0.4, -0.2) is 115 Å². The fourth-order valence-electron chi connectivity index (χ4n) is 3.49. The second kappa shape index (κ2) is 12.8. The van der Waals surface area contributed by atoms with Crippen LogP contribution < -0.4 is 11.1 Å². The van der Waals surface area contributed by atoms with Gasteiger partial charge in [-0.25, -0.2) is 0 Å². The average molecular weight is 443 g/mol. The van der Waals surface area contributed by atoms with E-state index in [1.54, 1.807) is 0 Å². The number of rotatable bonds is 7. The zero-order valence-electron chi connectivity index (χ0n) is 16.0. The molecule has 2 aliphatic heterocycles. The molecule has 2 fully saturated rings. The van der Waals surface area contributed by atoms with E-state index in [4.69, 9.17) is 29.4 Å². The lowest BCUT2D eigenvalue weighted by Gasteiger charge is -2.47. The molecule has 0 bridgehead atoms. The zero-order chi connectivity index (χ0) is 21.0. The number of hydrogen-bond acceptors (Lipinski definition) is 11. The van der Waals surface area contributed by atoms with Gasteiger partial charge in [-0.1, -0.05) is 14.9 Å². The first kappa shape index (κ1) is 29.1. The van der Waals surface area contributed by atoms with E-state index in [1.165, 1.54) is 21.1 Å². The van der Waals surface area contributed by atoms with Crippen molar-refractivity contribution in [1.82, 2.24) is 5.32 Å². The number of aliphatic hydroxyl groups is 4. The summed E-state index contributed by atoms with van der Waals surface area (Å²) in [6.45, 7) is 0.247. The first-order chi connectivity index (χ1) is 13.3. The summed E-state index contributed by atoms with van der Waals surface area (Å²) in [5, 5.41) is 42.8. The van der Waals surface area contributed by atoms with Gasteiger partial charge in [0.15, 0.2) is 12.6 Å². The third-order valence-electron chi connectivity index (χ3n) is 4.92. The molecule has 10 unspecified atom stereocenters. The summed E-state index contributed by atoms with van der Waals surface area (Å²) in [7, 11) is 2.67. The van der Waals surface area contributed by atoms with Crippen molar-refractivity contribution in [3.8, 4) is 0 Å². The standard InChI is InChI=1S/C16H30N2O10.2CH4/c1-6(21)18-10-12(23)13(24-2)7(4-19)27-16(10)28-14-8(5-20)26-15(25-3)9(17)11(14)22;;/h7-16,19-20,22-23H,4-5,17H2,1-3H3,(H,18,21);2*1H4. The van der Waals surface area contributed by atoms with Gasteiger partial charge in [-0.15, -0.1) is 0 Å². The van der Waals surface area contributed by atoms with Crippen LogP contribution in [0.5, 0.6) is 0 Å². The molecule has 0 spiro atoms. The molecule has 0 radical (unpaired) electrons. The Morgan fingerprint density at radius 3 is 1.97 bits per heavy atom. The van der Waals surface area contributed by atoms with Crippen molar-refractivity contribution in [3.63, 3.8) is 0 Å². The minimum Gasteiger partial charge on any atom is -0.394 e. The number of carbonyl (C=O) groups excluding carboxylic acids is 1. The first-order valence-electron chi connectivity index (χ1n) is 8.91. The van der Waals surface area contributed by atoms with E-state index < -0.39 is 80.4 Å². The van der Waals surface area contributed by atoms with Gasteiger partial charge in [0, 0.05) is 21.1 Å². The summed E-state index contributed by atoms with van der Waals surface area (Å²) in [4.78, 5) is 11.6. The number of hydrogen-bond donors (Lipinski definition) is 6. The fraction of sp³-hybridized carbons (Fsp3) is 0.944. The quantitative estimate of drug-likeness (QED) is 0.241. The molecular weight excluding hydrogens is 404 g/mol. The number of nitrogens with one attached hydrogen (secondary N) is 1. The Labute approximate surface area is 177 Å². The fourth-order valence-corrected chi connectivity index (χ4v) is 3.49. The Hall–Kier alpha value is -0.930. The second-order valence-electron chi connectivity index (χ2n) is 6.77. The van der Waals surface area contributed by atoms with Crippen LogP contribution >= 0.6 is 0 Å². The SMILES string of the molecule is C.C.COC1OC(CO)C(OC2OC(CO)C(OC)C(O)C2NC(C)=O)C(O)C1N. The summed E-state index contributed by atoms with van der Waals surface area (Å²) in [5.41, 5.74) is 5.90. The van der Waals surface area contributed by atoms with Crippen LogP contribution in [-0.2, 0) is 28.5 Å². The highest BCUT2D eigenvalue weighted by Crippen LogP contribution is 2.29. The number of ether oxygens (including phenoxy) is 5. The summed E-state index contributed by atoms with van der Waals surface area (Å²) in [6.07, 6.45) is -8.87. The molecule has 2 aliphatic rings. The van der Waals surface area contributed by atoms with Gasteiger partial charge in [-0.05, 0) is 0 Å². The van der Waals surface area contributed by atoms with E-state index >= 15 is 0 Å². The molecule has 1 amide bonds. The Morgan fingerprint density at radius 2 is 1.50 bits per heavy atom. The van der Waals surface area contributed by atoms with Crippen LogP contribution in [0.25, 0.3) is 0 Å². The summed E-state index contributed by atoms with van der Waals surface area (Å²) >= 11 is 0. The number of aliphatic hydroxyl groups excluding tert-OH is 4. The van der Waals surface area contributed by atoms with E-state index in [0.29, 0.717) is 0 Å². The van der Waals surface area contributed by atoms with Crippen molar-refractivity contribution in [2.45, 2.75) is 83.1 Å². The number of methoxy groups -OCH3 is 2. The molecule has 0 aromatic carbocycles. The largest absolute Gasteiger partial charge is 0.394 e. The van der Waals surface area contributed by atoms with Gasteiger partial charge >= 0.3 is 0 Å². The maximum absolute atomic E-state index is 11.6. The Balaban J connectivity index is 0.00000420. The van der Waals surface area contributed by atoms with Crippen LogP contribution in [0, 0.1) is 0 Å². The maximum Gasteiger partial charge on any atom is 0.217 e. The molecular formula is C18H38N2O10. The van der Waals surface area contributed by atoms with Crippen molar-refractivity contribution >= 4 is 5.91 Å². The molecule has 180 valence electrons. The van der Waals surface area contributed by atoms with E-state index in [2.05, 4.69) is 5.32 Å². The van der Waals surface area contributed by atoms with Crippen molar-refractivity contribution < 1.29 is 48.9 Å². The Kier molecular flexibility index (Phi) is 12.4. The molecule has 0 saturated carbocycles. The number of amides is 1. The van der Waals surface area contributed by atoms with Crippen molar-refractivity contribution in [3.05, 3.63) is 0 Å². The third-order valence-corrected chi connectivity index (χ3v) is 4.92. The molecule has 10 atom stereocenters. The molecule has 12 nitrogen and oxygen atoms in total. The topological polar surface area (TPSA) is 182 Å². The van der Waals surface area contributed by atoms with Crippen LogP contribution in [0.4, 0.5) is 0 Å². The highest BCUT2D eigenvalue weighted by atomic mass is 16.7. The summed E-state index contributed by atoms with van der Waals surface area (Å²) in [6, 6.07) is -2.06. The van der Waals surface area contributed by atoms with Crippen molar-refractivity contribution in [2.75, 3.05) is 27.4 Å². The molecule has 0 aromatic rings. The smallest absolute Gasteiger partial charge is 0.217 e. The monoisotopic (exact) mass is 442 g/mol. The number of carbonyl (C=O) groups is 1. The van der Waals surface area contributed by atoms with E-state index in [9.17, 15) is 25.2 Å². The first-order valence-corrected chi connectivity index (χ1v) is 8.91. The highest BCUT2D eigenvalue weighted by molar-refractivity contribution is 5.73. The normalized spacial score (nSPS) is 41.3. The minimum atomic E-state index is -1.30. The van der Waals surface area contributed by atoms with Gasteiger partial charge in [0.05, 0.1) is 19.3 Å². The molecule has 12 heteroatoms. The van der Waals surface area contributed by atoms with Gasteiger partial charge in [-0.3, -0.25) is 4.79 Å². The third kappa shape index (κ3) is 6.07. The zero-order valence-corrected chi connectivity index (χ0v) is 16.0. The lowest BCUT2D eigenvalue weighted by atomic mass is 9.95. The van der Waals surface area contributed by atoms with Gasteiger partial charge in [0.2, 0.25) is 5.91 Å². The Morgan fingerprint density at radius 1 is 0.967 bits per heavy atom. The van der Waals surface area contributed by atoms with Gasteiger partial charge in [0.1, 0.15) is 42.7 Å². The Bertz CT molecular complexity index is 511. The molecule has 30 heavy (non-hydrogen) atoms. The second-order valence-corrected chi connectivity index (χ2v) is 6.77. The van der Waals surface area contributed by atoms with Crippen molar-refractivity contribution in [2.24, 2.45) is 5.73 Å². The van der Waals surface area contributed by atoms with Crippen LogP contribution in [0.3, 0.4) is 0 Å². The predicted octanol–water partition coefficient (Wildman–Crippen LogP) is -2.71. The lowest BCUT2D eigenvalue weighted by Crippen LogP contribution is -2.68. The summed E-state index contributed by atoms with van der Waals surface area (Å²) < 4.78 is 27.2. The van der Waals surface area contributed by atoms with E-state index in [1.807, 2.05) is 0 Å². The van der Waals surface area contributed by atoms with E-state index in [0.717, 1.165) is 0 Å². The van der Waals surface area contributed by atoms with Crippen molar-refractivity contribution in [1.29, 1.82) is 0 Å². The molecule has 0 aliphatic carbocycles. The molecule has 2 rings (SSSR count). The molecule has 0 aromatic heterocycles. The predicted molar refractivity (Wildman–Crippen MR) is 105 cm³/mol.